The van der Waals surface area contributed by atoms with Crippen molar-refractivity contribution in [3.63, 3.8) is 0 Å². The lowest BCUT2D eigenvalue weighted by Crippen LogP contribution is -2.46. The second kappa shape index (κ2) is 5.89. The molecule has 1 aliphatic rings. The fraction of sp³-hybridized carbons (Fsp3) is 0.286. The number of hydrogen-bond acceptors (Lipinski definition) is 3. The summed E-state index contributed by atoms with van der Waals surface area (Å²) in [7, 11) is 0. The third-order valence-corrected chi connectivity index (χ3v) is 4.09. The SMILES string of the molecule is N#C[C@]1(NC(=O)/C=C/c2ccc(F)cc2)CCSC1. The Labute approximate surface area is 115 Å². The monoisotopic (exact) mass is 276 g/mol. The number of rotatable bonds is 3. The van der Waals surface area contributed by atoms with Gasteiger partial charge in [0.25, 0.3) is 0 Å². The van der Waals surface area contributed by atoms with E-state index in [-0.39, 0.29) is 11.7 Å². The molecule has 0 bridgehead atoms. The van der Waals surface area contributed by atoms with Crippen LogP contribution in [0.2, 0.25) is 0 Å². The van der Waals surface area contributed by atoms with Crippen molar-refractivity contribution in [2.45, 2.75) is 12.0 Å². The predicted octanol–water partition coefficient (Wildman–Crippen LogP) is 2.35. The molecule has 19 heavy (non-hydrogen) atoms. The first-order valence-corrected chi connectivity index (χ1v) is 7.04. The molecule has 1 atom stereocenters. The second-order valence-electron chi connectivity index (χ2n) is 4.37. The predicted molar refractivity (Wildman–Crippen MR) is 73.9 cm³/mol. The number of halogens is 1. The van der Waals surface area contributed by atoms with E-state index in [0.29, 0.717) is 12.2 Å². The summed E-state index contributed by atoms with van der Waals surface area (Å²) in [5.74, 6) is 0.899. The molecule has 0 spiro atoms. The molecule has 0 saturated carbocycles. The minimum absolute atomic E-state index is 0.298. The Kier molecular flexibility index (Phi) is 4.23. The molecule has 1 aliphatic heterocycles. The van der Waals surface area contributed by atoms with Crippen LogP contribution in [0.25, 0.3) is 6.08 Å². The number of nitrogens with one attached hydrogen (secondary N) is 1. The summed E-state index contributed by atoms with van der Waals surface area (Å²) in [4.78, 5) is 11.8. The number of carbonyl (C=O) groups excluding carboxylic acids is 1. The third-order valence-electron chi connectivity index (χ3n) is 2.90. The van der Waals surface area contributed by atoms with Gasteiger partial charge in [-0.2, -0.15) is 17.0 Å². The molecule has 1 N–H and O–H groups in total. The molecule has 0 radical (unpaired) electrons. The Balaban J connectivity index is 1.98. The van der Waals surface area contributed by atoms with Crippen molar-refractivity contribution in [2.24, 2.45) is 0 Å². The lowest BCUT2D eigenvalue weighted by molar-refractivity contribution is -0.117. The first-order valence-electron chi connectivity index (χ1n) is 5.88. The molecule has 0 unspecified atom stereocenters. The van der Waals surface area contributed by atoms with Crippen LogP contribution in [0.1, 0.15) is 12.0 Å². The summed E-state index contributed by atoms with van der Waals surface area (Å²) in [5.41, 5.74) is -0.00197. The van der Waals surface area contributed by atoms with E-state index in [9.17, 15) is 9.18 Å². The Morgan fingerprint density at radius 3 is 2.79 bits per heavy atom. The van der Waals surface area contributed by atoms with Crippen LogP contribution in [0, 0.1) is 17.1 Å². The van der Waals surface area contributed by atoms with Gasteiger partial charge in [-0.3, -0.25) is 4.79 Å². The molecule has 1 fully saturated rings. The highest BCUT2D eigenvalue weighted by molar-refractivity contribution is 7.99. The molecule has 1 amide bonds. The van der Waals surface area contributed by atoms with Crippen molar-refractivity contribution in [1.29, 1.82) is 5.26 Å². The summed E-state index contributed by atoms with van der Waals surface area (Å²) < 4.78 is 12.7. The number of nitrogens with zero attached hydrogens (tertiary/aromatic N) is 1. The third kappa shape index (κ3) is 3.58. The molecule has 98 valence electrons. The van der Waals surface area contributed by atoms with Crippen molar-refractivity contribution in [3.8, 4) is 6.07 Å². The van der Waals surface area contributed by atoms with Crippen LogP contribution in [-0.4, -0.2) is 23.0 Å². The largest absolute Gasteiger partial charge is 0.333 e. The zero-order chi connectivity index (χ0) is 13.7. The molecule has 5 heteroatoms. The molecular formula is C14H13FN2OS. The van der Waals surface area contributed by atoms with Crippen LogP contribution < -0.4 is 5.32 Å². The van der Waals surface area contributed by atoms with Crippen molar-refractivity contribution in [2.75, 3.05) is 11.5 Å². The van der Waals surface area contributed by atoms with Crippen LogP contribution in [0.15, 0.2) is 30.3 Å². The fourth-order valence-electron chi connectivity index (χ4n) is 1.80. The van der Waals surface area contributed by atoms with Crippen LogP contribution in [0.5, 0.6) is 0 Å². The maximum atomic E-state index is 12.7. The molecule has 0 aromatic heterocycles. The van der Waals surface area contributed by atoms with E-state index >= 15 is 0 Å². The molecule has 1 aromatic carbocycles. The standard InChI is InChI=1S/C14H13FN2OS/c15-12-4-1-11(2-5-12)3-6-13(18)17-14(9-16)7-8-19-10-14/h1-6H,7-8,10H2,(H,17,18)/b6-3+/t14-/m1/s1. The first-order chi connectivity index (χ1) is 9.13. The number of carbonyl (C=O) groups is 1. The van der Waals surface area contributed by atoms with Gasteiger partial charge < -0.3 is 5.32 Å². The number of thioether (sulfide) groups is 1. The van der Waals surface area contributed by atoms with E-state index in [1.807, 2.05) is 0 Å². The van der Waals surface area contributed by atoms with E-state index < -0.39 is 5.54 Å². The highest BCUT2D eigenvalue weighted by Crippen LogP contribution is 2.27. The van der Waals surface area contributed by atoms with Gasteiger partial charge in [0, 0.05) is 11.8 Å². The van der Waals surface area contributed by atoms with E-state index in [4.69, 9.17) is 5.26 Å². The number of amides is 1. The summed E-state index contributed by atoms with van der Waals surface area (Å²) in [6, 6.07) is 8.02. The number of nitriles is 1. The number of hydrogen-bond donors (Lipinski definition) is 1. The Hall–Kier alpha value is -1.80. The van der Waals surface area contributed by atoms with E-state index in [1.54, 1.807) is 30.0 Å². The van der Waals surface area contributed by atoms with Gasteiger partial charge in [0.1, 0.15) is 11.4 Å². The maximum absolute atomic E-state index is 12.7. The summed E-state index contributed by atoms with van der Waals surface area (Å²) in [6.45, 7) is 0. The van der Waals surface area contributed by atoms with Crippen LogP contribution in [0.3, 0.4) is 0 Å². The van der Waals surface area contributed by atoms with Crippen molar-refractivity contribution >= 4 is 23.7 Å². The summed E-state index contributed by atoms with van der Waals surface area (Å²) in [5, 5.41) is 11.9. The molecule has 0 aliphatic carbocycles. The van der Waals surface area contributed by atoms with Crippen LogP contribution >= 0.6 is 11.8 Å². The van der Waals surface area contributed by atoms with Crippen molar-refractivity contribution < 1.29 is 9.18 Å². The first kappa shape index (κ1) is 13.6. The highest BCUT2D eigenvalue weighted by atomic mass is 32.2. The maximum Gasteiger partial charge on any atom is 0.245 e. The minimum atomic E-state index is -0.741. The highest BCUT2D eigenvalue weighted by Gasteiger charge is 2.35. The molecule has 1 saturated heterocycles. The zero-order valence-corrected chi connectivity index (χ0v) is 11.0. The van der Waals surface area contributed by atoms with Gasteiger partial charge >= 0.3 is 0 Å². The summed E-state index contributed by atoms with van der Waals surface area (Å²) >= 11 is 1.66. The average Bonchev–Trinajstić information content (AvgIpc) is 2.87. The second-order valence-corrected chi connectivity index (χ2v) is 5.48. The van der Waals surface area contributed by atoms with E-state index in [2.05, 4.69) is 11.4 Å². The topological polar surface area (TPSA) is 52.9 Å². The van der Waals surface area contributed by atoms with E-state index in [1.165, 1.54) is 18.2 Å². The molecule has 2 rings (SSSR count). The van der Waals surface area contributed by atoms with Gasteiger partial charge in [-0.25, -0.2) is 4.39 Å². The summed E-state index contributed by atoms with van der Waals surface area (Å²) in [6.07, 6.45) is 3.64. The van der Waals surface area contributed by atoms with Gasteiger partial charge in [-0.05, 0) is 35.9 Å². The lowest BCUT2D eigenvalue weighted by atomic mass is 10.0. The molecule has 3 nitrogen and oxygen atoms in total. The van der Waals surface area contributed by atoms with Crippen LogP contribution in [0.4, 0.5) is 4.39 Å². The van der Waals surface area contributed by atoms with Crippen LogP contribution in [-0.2, 0) is 4.79 Å². The average molecular weight is 276 g/mol. The van der Waals surface area contributed by atoms with Gasteiger partial charge in [0.15, 0.2) is 0 Å². The van der Waals surface area contributed by atoms with Crippen molar-refractivity contribution in [1.82, 2.24) is 5.32 Å². The van der Waals surface area contributed by atoms with E-state index in [0.717, 1.165) is 11.3 Å². The van der Waals surface area contributed by atoms with Gasteiger partial charge in [-0.1, -0.05) is 12.1 Å². The fourth-order valence-corrected chi connectivity index (χ4v) is 3.07. The smallest absolute Gasteiger partial charge is 0.245 e. The van der Waals surface area contributed by atoms with Gasteiger partial charge in [0.05, 0.1) is 6.07 Å². The molecule has 1 heterocycles. The number of benzene rings is 1. The quantitative estimate of drug-likeness (QED) is 0.862. The Morgan fingerprint density at radius 2 is 2.21 bits per heavy atom. The molecule has 1 aromatic rings. The lowest BCUT2D eigenvalue weighted by Gasteiger charge is -2.19. The Bertz CT molecular complexity index is 527. The van der Waals surface area contributed by atoms with Crippen molar-refractivity contribution in [3.05, 3.63) is 41.7 Å². The normalized spacial score (nSPS) is 22.3. The zero-order valence-electron chi connectivity index (χ0n) is 10.2. The van der Waals surface area contributed by atoms with Gasteiger partial charge in [0.2, 0.25) is 5.91 Å². The Morgan fingerprint density at radius 1 is 1.47 bits per heavy atom. The minimum Gasteiger partial charge on any atom is -0.333 e. The van der Waals surface area contributed by atoms with Gasteiger partial charge in [-0.15, -0.1) is 0 Å². The molecular weight excluding hydrogens is 263 g/mol.